The molecule has 12 heavy (non-hydrogen) atoms. The molecule has 3 atom stereocenters. The first-order valence-corrected chi connectivity index (χ1v) is 5.32. The van der Waals surface area contributed by atoms with Crippen LogP contribution in [-0.4, -0.2) is 19.1 Å². The van der Waals surface area contributed by atoms with Crippen molar-refractivity contribution in [1.29, 1.82) is 0 Å². The average Bonchev–Trinajstić information content (AvgIpc) is 2.47. The molecule has 0 spiro atoms. The van der Waals surface area contributed by atoms with Gasteiger partial charge >= 0.3 is 0 Å². The van der Waals surface area contributed by atoms with Gasteiger partial charge in [0.1, 0.15) is 0 Å². The van der Waals surface area contributed by atoms with Crippen LogP contribution in [0.5, 0.6) is 0 Å². The van der Waals surface area contributed by atoms with Gasteiger partial charge < -0.3 is 4.74 Å². The van der Waals surface area contributed by atoms with Crippen molar-refractivity contribution in [2.45, 2.75) is 38.0 Å². The van der Waals surface area contributed by atoms with Gasteiger partial charge in [-0.05, 0) is 31.1 Å². The second-order valence-electron chi connectivity index (χ2n) is 3.87. The molecule has 0 bridgehead atoms. The lowest BCUT2D eigenvalue weighted by Crippen LogP contribution is -2.17. The summed E-state index contributed by atoms with van der Waals surface area (Å²) in [5.74, 6) is 1.47. The van der Waals surface area contributed by atoms with E-state index in [2.05, 4.69) is 6.92 Å². The summed E-state index contributed by atoms with van der Waals surface area (Å²) in [6, 6.07) is 0. The van der Waals surface area contributed by atoms with E-state index in [-0.39, 0.29) is 0 Å². The molecule has 3 unspecified atom stereocenters. The summed E-state index contributed by atoms with van der Waals surface area (Å²) in [6.45, 7) is 3.17. The monoisotopic (exact) mass is 190 g/mol. The van der Waals surface area contributed by atoms with E-state index in [1.165, 1.54) is 19.3 Å². The van der Waals surface area contributed by atoms with Crippen LogP contribution in [0.1, 0.15) is 32.6 Å². The molecule has 0 saturated heterocycles. The summed E-state index contributed by atoms with van der Waals surface area (Å²) in [4.78, 5) is 0. The van der Waals surface area contributed by atoms with Crippen molar-refractivity contribution in [3.8, 4) is 0 Å². The third-order valence-electron chi connectivity index (χ3n) is 2.99. The minimum absolute atomic E-state index is 0.428. The molecule has 1 aliphatic rings. The van der Waals surface area contributed by atoms with Gasteiger partial charge in [0.05, 0.1) is 0 Å². The molecule has 0 aromatic carbocycles. The SMILES string of the molecule is COCCC(C)C1CCCC1Cl. The maximum absolute atomic E-state index is 6.21. The molecule has 0 aliphatic heterocycles. The summed E-state index contributed by atoms with van der Waals surface area (Å²) >= 11 is 6.21. The van der Waals surface area contributed by atoms with Gasteiger partial charge in [0.25, 0.3) is 0 Å². The van der Waals surface area contributed by atoms with E-state index in [0.29, 0.717) is 5.38 Å². The van der Waals surface area contributed by atoms with E-state index in [1.54, 1.807) is 7.11 Å². The number of methoxy groups -OCH3 is 1. The van der Waals surface area contributed by atoms with Crippen LogP contribution in [-0.2, 0) is 4.74 Å². The van der Waals surface area contributed by atoms with Crippen molar-refractivity contribution in [1.82, 2.24) is 0 Å². The standard InChI is InChI=1S/C10H19ClO/c1-8(6-7-12-2)9-4-3-5-10(9)11/h8-10H,3-7H2,1-2H3. The van der Waals surface area contributed by atoms with Crippen LogP contribution in [0, 0.1) is 11.8 Å². The first-order valence-electron chi connectivity index (χ1n) is 4.88. The Kier molecular flexibility index (Phi) is 4.38. The Morgan fingerprint density at radius 1 is 1.50 bits per heavy atom. The fraction of sp³-hybridized carbons (Fsp3) is 1.00. The lowest BCUT2D eigenvalue weighted by atomic mass is 9.90. The molecule has 0 amide bonds. The van der Waals surface area contributed by atoms with Gasteiger partial charge in [0.2, 0.25) is 0 Å². The minimum atomic E-state index is 0.428. The highest BCUT2D eigenvalue weighted by Crippen LogP contribution is 2.36. The van der Waals surface area contributed by atoms with E-state index in [9.17, 15) is 0 Å². The second kappa shape index (κ2) is 5.08. The molecular formula is C10H19ClO. The number of alkyl halides is 1. The zero-order chi connectivity index (χ0) is 8.97. The van der Waals surface area contributed by atoms with Crippen LogP contribution in [0.2, 0.25) is 0 Å². The van der Waals surface area contributed by atoms with Crippen LogP contribution >= 0.6 is 11.6 Å². The predicted octanol–water partition coefficient (Wildman–Crippen LogP) is 3.07. The van der Waals surface area contributed by atoms with Crippen LogP contribution < -0.4 is 0 Å². The van der Waals surface area contributed by atoms with E-state index in [4.69, 9.17) is 16.3 Å². The molecule has 2 heteroatoms. The molecule has 72 valence electrons. The number of rotatable bonds is 4. The number of ether oxygens (including phenoxy) is 1. The topological polar surface area (TPSA) is 9.23 Å². The summed E-state index contributed by atoms with van der Waals surface area (Å²) in [7, 11) is 1.76. The van der Waals surface area contributed by atoms with Gasteiger partial charge in [0.15, 0.2) is 0 Å². The maximum atomic E-state index is 6.21. The van der Waals surface area contributed by atoms with E-state index in [1.807, 2.05) is 0 Å². The largest absolute Gasteiger partial charge is 0.385 e. The van der Waals surface area contributed by atoms with E-state index < -0.39 is 0 Å². The molecule has 0 N–H and O–H groups in total. The molecular weight excluding hydrogens is 172 g/mol. The van der Waals surface area contributed by atoms with E-state index >= 15 is 0 Å². The Labute approximate surface area is 80.4 Å². The van der Waals surface area contributed by atoms with Crippen LogP contribution in [0.25, 0.3) is 0 Å². The molecule has 0 heterocycles. The molecule has 0 radical (unpaired) electrons. The molecule has 0 aromatic rings. The lowest BCUT2D eigenvalue weighted by molar-refractivity contribution is 0.166. The molecule has 0 aromatic heterocycles. The van der Waals surface area contributed by atoms with Crippen molar-refractivity contribution in [2.75, 3.05) is 13.7 Å². The quantitative estimate of drug-likeness (QED) is 0.620. The second-order valence-corrected chi connectivity index (χ2v) is 4.43. The number of halogens is 1. The fourth-order valence-electron chi connectivity index (χ4n) is 2.10. The smallest absolute Gasteiger partial charge is 0.0464 e. The van der Waals surface area contributed by atoms with Crippen LogP contribution in [0.4, 0.5) is 0 Å². The molecule has 1 rings (SSSR count). The Morgan fingerprint density at radius 2 is 2.25 bits per heavy atom. The lowest BCUT2D eigenvalue weighted by Gasteiger charge is -2.21. The van der Waals surface area contributed by atoms with Crippen LogP contribution in [0.15, 0.2) is 0 Å². The summed E-state index contributed by atoms with van der Waals surface area (Å²) < 4.78 is 5.06. The van der Waals surface area contributed by atoms with Gasteiger partial charge in [-0.25, -0.2) is 0 Å². The number of hydrogen-bond acceptors (Lipinski definition) is 1. The first-order chi connectivity index (χ1) is 5.75. The van der Waals surface area contributed by atoms with Gasteiger partial charge in [-0.2, -0.15) is 0 Å². The van der Waals surface area contributed by atoms with Gasteiger partial charge in [-0.3, -0.25) is 0 Å². The average molecular weight is 191 g/mol. The Morgan fingerprint density at radius 3 is 2.75 bits per heavy atom. The fourth-order valence-corrected chi connectivity index (χ4v) is 2.63. The molecule has 1 saturated carbocycles. The Bertz CT molecular complexity index is 127. The normalized spacial score (nSPS) is 32.2. The minimum Gasteiger partial charge on any atom is -0.385 e. The third-order valence-corrected chi connectivity index (χ3v) is 3.53. The predicted molar refractivity (Wildman–Crippen MR) is 52.6 cm³/mol. The highest BCUT2D eigenvalue weighted by Gasteiger charge is 2.29. The summed E-state index contributed by atoms with van der Waals surface area (Å²) in [6.07, 6.45) is 5.00. The van der Waals surface area contributed by atoms with Gasteiger partial charge in [-0.1, -0.05) is 13.3 Å². The molecule has 1 aliphatic carbocycles. The highest BCUT2D eigenvalue weighted by atomic mass is 35.5. The molecule has 1 fully saturated rings. The number of hydrogen-bond donors (Lipinski definition) is 0. The zero-order valence-electron chi connectivity index (χ0n) is 8.05. The van der Waals surface area contributed by atoms with Crippen molar-refractivity contribution in [3.05, 3.63) is 0 Å². The first kappa shape index (κ1) is 10.3. The van der Waals surface area contributed by atoms with Gasteiger partial charge in [0, 0.05) is 19.1 Å². The summed E-state index contributed by atoms with van der Waals surface area (Å²) in [5, 5.41) is 0.428. The van der Waals surface area contributed by atoms with E-state index in [0.717, 1.165) is 24.9 Å². The Hall–Kier alpha value is 0.250. The summed E-state index contributed by atoms with van der Waals surface area (Å²) in [5.41, 5.74) is 0. The van der Waals surface area contributed by atoms with Crippen molar-refractivity contribution in [2.24, 2.45) is 11.8 Å². The van der Waals surface area contributed by atoms with Gasteiger partial charge in [-0.15, -0.1) is 11.6 Å². The highest BCUT2D eigenvalue weighted by molar-refractivity contribution is 6.20. The molecule has 1 nitrogen and oxygen atoms in total. The zero-order valence-corrected chi connectivity index (χ0v) is 8.81. The Balaban J connectivity index is 2.25. The van der Waals surface area contributed by atoms with Crippen molar-refractivity contribution < 1.29 is 4.74 Å². The van der Waals surface area contributed by atoms with Crippen LogP contribution in [0.3, 0.4) is 0 Å². The maximum Gasteiger partial charge on any atom is 0.0464 e. The van der Waals surface area contributed by atoms with Crippen molar-refractivity contribution >= 4 is 11.6 Å². The van der Waals surface area contributed by atoms with Crippen molar-refractivity contribution in [3.63, 3.8) is 0 Å². The third kappa shape index (κ3) is 2.63.